The molecule has 11 nitrogen and oxygen atoms in total. The minimum absolute atomic E-state index is 0.0396. The highest BCUT2D eigenvalue weighted by Crippen LogP contribution is 2.57. The molecule has 3 aromatic carbocycles. The molecular formula is C28H20O11. The molecule has 11 heteroatoms. The molecule has 5 rings (SSSR count). The van der Waals surface area contributed by atoms with Crippen LogP contribution in [0.25, 0.3) is 0 Å². The Morgan fingerprint density at radius 1 is 0.718 bits per heavy atom. The van der Waals surface area contributed by atoms with Gasteiger partial charge in [0.2, 0.25) is 6.79 Å². The largest absolute Gasteiger partial charge is 0.456 e. The van der Waals surface area contributed by atoms with Crippen LogP contribution in [-0.4, -0.2) is 36.6 Å². The van der Waals surface area contributed by atoms with Crippen LogP contribution in [0.1, 0.15) is 58.2 Å². The van der Waals surface area contributed by atoms with Crippen LogP contribution in [0.2, 0.25) is 0 Å². The molecule has 198 valence electrons. The van der Waals surface area contributed by atoms with Crippen LogP contribution in [0, 0.1) is 0 Å². The van der Waals surface area contributed by atoms with Gasteiger partial charge >= 0.3 is 29.8 Å². The molecule has 0 bridgehead atoms. The molecule has 0 fully saturated rings. The van der Waals surface area contributed by atoms with Gasteiger partial charge in [-0.3, -0.25) is 14.4 Å². The van der Waals surface area contributed by atoms with Gasteiger partial charge in [-0.15, -0.1) is 0 Å². The van der Waals surface area contributed by atoms with Gasteiger partial charge in [-0.05, 0) is 36.4 Å². The van der Waals surface area contributed by atoms with Crippen LogP contribution >= 0.6 is 0 Å². The molecule has 0 radical (unpaired) electrons. The van der Waals surface area contributed by atoms with Gasteiger partial charge < -0.3 is 28.4 Å². The molecule has 2 aliphatic heterocycles. The van der Waals surface area contributed by atoms with Gasteiger partial charge in [0.05, 0.1) is 11.1 Å². The highest BCUT2D eigenvalue weighted by atomic mass is 16.7. The van der Waals surface area contributed by atoms with Crippen molar-refractivity contribution in [3.05, 3.63) is 82.4 Å². The SMILES string of the molecule is CC(=O)OCOC(=O)c1ccc2c(c1)C(=O)OC21c2ccc(OC(C)=O)cc2Oc2cc(OC(C)=O)ccc21. The molecular weight excluding hydrogens is 512 g/mol. The van der Waals surface area contributed by atoms with Gasteiger partial charge in [-0.2, -0.15) is 0 Å². The number of ether oxygens (including phenoxy) is 6. The summed E-state index contributed by atoms with van der Waals surface area (Å²) >= 11 is 0. The van der Waals surface area contributed by atoms with Crippen molar-refractivity contribution in [2.45, 2.75) is 26.4 Å². The van der Waals surface area contributed by atoms with Crippen LogP contribution in [0.15, 0.2) is 54.6 Å². The quantitative estimate of drug-likeness (QED) is 0.269. The summed E-state index contributed by atoms with van der Waals surface area (Å²) in [6.45, 7) is 3.11. The van der Waals surface area contributed by atoms with Crippen molar-refractivity contribution < 1.29 is 52.4 Å². The summed E-state index contributed by atoms with van der Waals surface area (Å²) in [5.41, 5.74) is -0.0808. The normalized spacial score (nSPS) is 13.7. The molecule has 0 saturated carbocycles. The monoisotopic (exact) mass is 532 g/mol. The summed E-state index contributed by atoms with van der Waals surface area (Å²) in [5.74, 6) is -2.36. The van der Waals surface area contributed by atoms with E-state index in [-0.39, 0.29) is 34.1 Å². The fraction of sp³-hybridized carbons (Fsp3) is 0.179. The molecule has 0 unspecified atom stereocenters. The molecule has 2 heterocycles. The number of esters is 5. The van der Waals surface area contributed by atoms with E-state index in [1.165, 1.54) is 57.2 Å². The number of benzene rings is 3. The summed E-state index contributed by atoms with van der Waals surface area (Å²) < 4.78 is 32.1. The summed E-state index contributed by atoms with van der Waals surface area (Å²) in [6, 6.07) is 13.6. The van der Waals surface area contributed by atoms with E-state index in [4.69, 9.17) is 23.7 Å². The Morgan fingerprint density at radius 3 is 1.82 bits per heavy atom. The predicted octanol–water partition coefficient (Wildman–Crippen LogP) is 3.78. The van der Waals surface area contributed by atoms with Crippen LogP contribution in [0.5, 0.6) is 23.0 Å². The maximum absolute atomic E-state index is 13.2. The molecule has 1 spiro atoms. The molecule has 0 saturated heterocycles. The van der Waals surface area contributed by atoms with E-state index in [1.807, 2.05) is 0 Å². The second-order valence-corrected chi connectivity index (χ2v) is 8.62. The Balaban J connectivity index is 1.64. The van der Waals surface area contributed by atoms with Crippen molar-refractivity contribution in [2.75, 3.05) is 6.79 Å². The molecule has 0 aromatic heterocycles. The third kappa shape index (κ3) is 4.54. The Morgan fingerprint density at radius 2 is 1.28 bits per heavy atom. The zero-order valence-electron chi connectivity index (χ0n) is 20.9. The van der Waals surface area contributed by atoms with E-state index >= 15 is 0 Å². The highest BCUT2D eigenvalue weighted by molar-refractivity contribution is 6.00. The Kier molecular flexibility index (Phi) is 6.27. The van der Waals surface area contributed by atoms with E-state index in [0.29, 0.717) is 16.7 Å². The summed E-state index contributed by atoms with van der Waals surface area (Å²) in [6.07, 6.45) is 0. The second-order valence-electron chi connectivity index (χ2n) is 8.62. The molecule has 39 heavy (non-hydrogen) atoms. The van der Waals surface area contributed by atoms with E-state index in [9.17, 15) is 24.0 Å². The first-order chi connectivity index (χ1) is 18.6. The summed E-state index contributed by atoms with van der Waals surface area (Å²) in [4.78, 5) is 59.7. The number of fused-ring (bicyclic) bond motifs is 6. The summed E-state index contributed by atoms with van der Waals surface area (Å²) in [5, 5.41) is 0. The van der Waals surface area contributed by atoms with Gasteiger partial charge in [0, 0.05) is 49.6 Å². The van der Waals surface area contributed by atoms with Crippen molar-refractivity contribution in [1.82, 2.24) is 0 Å². The lowest BCUT2D eigenvalue weighted by Crippen LogP contribution is -2.33. The maximum atomic E-state index is 13.2. The molecule has 0 amide bonds. The molecule has 3 aromatic rings. The average Bonchev–Trinajstić information content (AvgIpc) is 3.15. The van der Waals surface area contributed by atoms with Crippen molar-refractivity contribution in [1.29, 1.82) is 0 Å². The Bertz CT molecular complexity index is 1500. The Hall–Kier alpha value is -5.19. The zero-order valence-corrected chi connectivity index (χ0v) is 20.9. The van der Waals surface area contributed by atoms with Crippen LogP contribution in [0.3, 0.4) is 0 Å². The highest BCUT2D eigenvalue weighted by Gasteiger charge is 2.54. The minimum atomic E-state index is -1.50. The van der Waals surface area contributed by atoms with E-state index < -0.39 is 42.2 Å². The second kappa shape index (κ2) is 9.60. The first kappa shape index (κ1) is 25.5. The van der Waals surface area contributed by atoms with Gasteiger partial charge in [-0.1, -0.05) is 6.07 Å². The van der Waals surface area contributed by atoms with Crippen molar-refractivity contribution in [3.63, 3.8) is 0 Å². The minimum Gasteiger partial charge on any atom is -0.456 e. The van der Waals surface area contributed by atoms with E-state index in [1.54, 1.807) is 18.2 Å². The lowest BCUT2D eigenvalue weighted by molar-refractivity contribution is -0.149. The third-order valence-corrected chi connectivity index (χ3v) is 5.96. The van der Waals surface area contributed by atoms with Crippen LogP contribution in [-0.2, 0) is 34.2 Å². The van der Waals surface area contributed by atoms with Gasteiger partial charge in [0.25, 0.3) is 0 Å². The smallest absolute Gasteiger partial charge is 0.341 e. The predicted molar refractivity (Wildman–Crippen MR) is 129 cm³/mol. The summed E-state index contributed by atoms with van der Waals surface area (Å²) in [7, 11) is 0. The molecule has 0 N–H and O–H groups in total. The molecule has 0 atom stereocenters. The topological polar surface area (TPSA) is 141 Å². The number of carbonyl (C=O) groups excluding carboxylic acids is 5. The van der Waals surface area contributed by atoms with Crippen molar-refractivity contribution >= 4 is 29.8 Å². The van der Waals surface area contributed by atoms with Crippen molar-refractivity contribution in [2.24, 2.45) is 0 Å². The van der Waals surface area contributed by atoms with Crippen LogP contribution in [0.4, 0.5) is 0 Å². The lowest BCUT2D eigenvalue weighted by Gasteiger charge is -2.36. The van der Waals surface area contributed by atoms with Crippen molar-refractivity contribution in [3.8, 4) is 23.0 Å². The third-order valence-electron chi connectivity index (χ3n) is 5.96. The standard InChI is InChI=1S/C28H20O11/c1-14(29)34-13-35-26(32)17-4-7-21-20(10-17)27(33)39-28(21)22-8-5-18(36-15(2)30)11-24(22)38-25-12-19(37-16(3)31)6-9-23(25)28/h4-12H,13H2,1-3H3. The molecule has 2 aliphatic rings. The van der Waals surface area contributed by atoms with Gasteiger partial charge in [-0.25, -0.2) is 9.59 Å². The zero-order chi connectivity index (χ0) is 27.9. The van der Waals surface area contributed by atoms with E-state index in [2.05, 4.69) is 4.74 Å². The first-order valence-electron chi connectivity index (χ1n) is 11.6. The van der Waals surface area contributed by atoms with E-state index in [0.717, 1.165) is 0 Å². The van der Waals surface area contributed by atoms with Crippen LogP contribution < -0.4 is 14.2 Å². The average molecular weight is 532 g/mol. The number of hydrogen-bond donors (Lipinski definition) is 0. The fourth-order valence-electron chi connectivity index (χ4n) is 4.52. The van der Waals surface area contributed by atoms with Gasteiger partial charge in [0.15, 0.2) is 5.60 Å². The lowest BCUT2D eigenvalue weighted by atomic mass is 9.77. The number of carbonyl (C=O) groups is 5. The number of rotatable bonds is 5. The van der Waals surface area contributed by atoms with Gasteiger partial charge in [0.1, 0.15) is 23.0 Å². The Labute approximate surface area is 221 Å². The fourth-order valence-corrected chi connectivity index (χ4v) is 4.52. The number of hydrogen-bond acceptors (Lipinski definition) is 11. The first-order valence-corrected chi connectivity index (χ1v) is 11.6. The molecule has 0 aliphatic carbocycles. The maximum Gasteiger partial charge on any atom is 0.341 e.